The van der Waals surface area contributed by atoms with Crippen molar-refractivity contribution >= 4 is 18.3 Å². The molecule has 1 heterocycles. The lowest BCUT2D eigenvalue weighted by Crippen LogP contribution is -2.37. The fourth-order valence-electron chi connectivity index (χ4n) is 1.89. The first kappa shape index (κ1) is 14.9. The fourth-order valence-corrected chi connectivity index (χ4v) is 1.89. The zero-order valence-corrected chi connectivity index (χ0v) is 10.5. The van der Waals surface area contributed by atoms with E-state index in [-0.39, 0.29) is 29.9 Å². The second kappa shape index (κ2) is 6.66. The van der Waals surface area contributed by atoms with Gasteiger partial charge in [0, 0.05) is 18.2 Å². The molecule has 1 saturated heterocycles. The molecule has 0 radical (unpaired) electrons. The number of rotatable bonds is 3. The normalized spacial score (nSPS) is 18.2. The number of amides is 1. The number of benzene rings is 1. The summed E-state index contributed by atoms with van der Waals surface area (Å²) in [5, 5.41) is 5.93. The molecule has 1 aromatic carbocycles. The van der Waals surface area contributed by atoms with Gasteiger partial charge in [0.25, 0.3) is 5.91 Å². The third-order valence-corrected chi connectivity index (χ3v) is 2.85. The van der Waals surface area contributed by atoms with E-state index >= 15 is 0 Å². The topological polar surface area (TPSA) is 41.1 Å². The molecule has 1 aliphatic rings. The molecule has 1 fully saturated rings. The molecule has 1 aliphatic heterocycles. The van der Waals surface area contributed by atoms with Crippen LogP contribution in [0.4, 0.5) is 8.78 Å². The first-order valence-electron chi connectivity index (χ1n) is 5.63. The highest BCUT2D eigenvalue weighted by Gasteiger charge is 2.15. The van der Waals surface area contributed by atoms with Gasteiger partial charge in [0.1, 0.15) is 0 Å². The summed E-state index contributed by atoms with van der Waals surface area (Å²) in [5.74, 6) is -2.33. The summed E-state index contributed by atoms with van der Waals surface area (Å²) in [7, 11) is 0. The summed E-state index contributed by atoms with van der Waals surface area (Å²) in [6.07, 6.45) is 2.13. The van der Waals surface area contributed by atoms with E-state index in [1.165, 1.54) is 6.07 Å². The molecule has 2 N–H and O–H groups in total. The van der Waals surface area contributed by atoms with E-state index in [4.69, 9.17) is 0 Å². The van der Waals surface area contributed by atoms with Crippen molar-refractivity contribution in [1.29, 1.82) is 0 Å². The second-order valence-electron chi connectivity index (χ2n) is 4.13. The molecule has 6 heteroatoms. The number of nitrogens with one attached hydrogen (secondary N) is 2. The lowest BCUT2D eigenvalue weighted by molar-refractivity contribution is 0.0949. The van der Waals surface area contributed by atoms with E-state index in [9.17, 15) is 13.6 Å². The number of carbonyl (C=O) groups excluding carboxylic acids is 1. The van der Waals surface area contributed by atoms with E-state index in [1.54, 1.807) is 0 Å². The average Bonchev–Trinajstić information content (AvgIpc) is 2.82. The lowest BCUT2D eigenvalue weighted by Gasteiger charge is -2.11. The van der Waals surface area contributed by atoms with Crippen LogP contribution in [-0.2, 0) is 0 Å². The Balaban J connectivity index is 0.00000162. The highest BCUT2D eigenvalue weighted by molar-refractivity contribution is 5.94. The summed E-state index contributed by atoms with van der Waals surface area (Å²) in [6.45, 7) is 1.48. The van der Waals surface area contributed by atoms with Crippen molar-refractivity contribution in [1.82, 2.24) is 10.6 Å². The predicted molar refractivity (Wildman–Crippen MR) is 67.0 cm³/mol. The molecule has 100 valence electrons. The van der Waals surface area contributed by atoms with Crippen molar-refractivity contribution in [2.75, 3.05) is 13.1 Å². The van der Waals surface area contributed by atoms with Gasteiger partial charge < -0.3 is 10.6 Å². The zero-order valence-electron chi connectivity index (χ0n) is 9.71. The van der Waals surface area contributed by atoms with Gasteiger partial charge in [-0.1, -0.05) is 0 Å². The van der Waals surface area contributed by atoms with Crippen LogP contribution in [0, 0.1) is 11.6 Å². The Hall–Kier alpha value is -1.20. The highest BCUT2D eigenvalue weighted by atomic mass is 35.5. The van der Waals surface area contributed by atoms with Crippen molar-refractivity contribution in [2.24, 2.45) is 0 Å². The molecule has 0 aromatic heterocycles. The minimum absolute atomic E-state index is 0. The Morgan fingerprint density at radius 1 is 1.39 bits per heavy atom. The number of halogens is 3. The maximum atomic E-state index is 12.9. The summed E-state index contributed by atoms with van der Waals surface area (Å²) in [6, 6.07) is 3.42. The molecule has 1 aromatic rings. The third-order valence-electron chi connectivity index (χ3n) is 2.85. The lowest BCUT2D eigenvalue weighted by atomic mass is 10.2. The first-order valence-corrected chi connectivity index (χ1v) is 5.63. The van der Waals surface area contributed by atoms with Gasteiger partial charge in [-0.2, -0.15) is 0 Å². The molecule has 0 aliphatic carbocycles. The molecular weight excluding hydrogens is 262 g/mol. The van der Waals surface area contributed by atoms with Crippen LogP contribution in [0.2, 0.25) is 0 Å². The second-order valence-corrected chi connectivity index (χ2v) is 4.13. The van der Waals surface area contributed by atoms with E-state index < -0.39 is 11.6 Å². The summed E-state index contributed by atoms with van der Waals surface area (Å²) in [4.78, 5) is 11.6. The van der Waals surface area contributed by atoms with Gasteiger partial charge in [-0.3, -0.25) is 4.79 Å². The molecule has 1 amide bonds. The van der Waals surface area contributed by atoms with Gasteiger partial charge in [-0.25, -0.2) is 8.78 Å². The maximum Gasteiger partial charge on any atom is 0.251 e. The maximum absolute atomic E-state index is 12.9. The summed E-state index contributed by atoms with van der Waals surface area (Å²) < 4.78 is 25.6. The van der Waals surface area contributed by atoms with Crippen LogP contribution in [0.3, 0.4) is 0 Å². The molecule has 0 spiro atoms. The highest BCUT2D eigenvalue weighted by Crippen LogP contribution is 2.09. The number of carbonyl (C=O) groups is 1. The van der Waals surface area contributed by atoms with Crippen LogP contribution in [0.5, 0.6) is 0 Å². The third kappa shape index (κ3) is 3.65. The van der Waals surface area contributed by atoms with Crippen molar-refractivity contribution in [3.8, 4) is 0 Å². The Labute approximate surface area is 110 Å². The van der Waals surface area contributed by atoms with Crippen LogP contribution >= 0.6 is 12.4 Å². The molecule has 0 saturated carbocycles. The van der Waals surface area contributed by atoms with Gasteiger partial charge in [0.05, 0.1) is 0 Å². The van der Waals surface area contributed by atoms with Gasteiger partial charge >= 0.3 is 0 Å². The molecule has 2 rings (SSSR count). The van der Waals surface area contributed by atoms with Gasteiger partial charge in [-0.15, -0.1) is 12.4 Å². The smallest absolute Gasteiger partial charge is 0.251 e. The van der Waals surface area contributed by atoms with Crippen molar-refractivity contribution in [3.63, 3.8) is 0 Å². The van der Waals surface area contributed by atoms with Crippen molar-refractivity contribution in [3.05, 3.63) is 35.4 Å². The van der Waals surface area contributed by atoms with Crippen molar-refractivity contribution < 1.29 is 13.6 Å². The predicted octanol–water partition coefficient (Wildman–Crippen LogP) is 1.87. The van der Waals surface area contributed by atoms with Crippen LogP contribution in [0.15, 0.2) is 18.2 Å². The molecule has 3 nitrogen and oxygen atoms in total. The van der Waals surface area contributed by atoms with Gasteiger partial charge in [0.2, 0.25) is 0 Å². The fraction of sp³-hybridized carbons (Fsp3) is 0.417. The minimum Gasteiger partial charge on any atom is -0.350 e. The van der Waals surface area contributed by atoms with Crippen LogP contribution < -0.4 is 10.6 Å². The Bertz CT molecular complexity index is 423. The molecule has 1 unspecified atom stereocenters. The van der Waals surface area contributed by atoms with Gasteiger partial charge in [0.15, 0.2) is 11.6 Å². The largest absolute Gasteiger partial charge is 0.350 e. The Morgan fingerprint density at radius 2 is 2.17 bits per heavy atom. The van der Waals surface area contributed by atoms with E-state index in [0.717, 1.165) is 31.5 Å². The SMILES string of the molecule is Cl.O=C(NCC1CCCN1)c1ccc(F)c(F)c1. The van der Waals surface area contributed by atoms with Gasteiger partial charge in [-0.05, 0) is 37.6 Å². The van der Waals surface area contributed by atoms with Crippen LogP contribution in [0.1, 0.15) is 23.2 Å². The van der Waals surface area contributed by atoms with E-state index in [0.29, 0.717) is 6.54 Å². The quantitative estimate of drug-likeness (QED) is 0.885. The molecular formula is C12H15ClF2N2O. The monoisotopic (exact) mass is 276 g/mol. The minimum atomic E-state index is -1.00. The van der Waals surface area contributed by atoms with E-state index in [2.05, 4.69) is 10.6 Å². The summed E-state index contributed by atoms with van der Waals surface area (Å²) >= 11 is 0. The molecule has 18 heavy (non-hydrogen) atoms. The Morgan fingerprint density at radius 3 is 2.78 bits per heavy atom. The van der Waals surface area contributed by atoms with E-state index in [1.807, 2.05) is 0 Å². The standard InChI is InChI=1S/C12H14F2N2O.ClH/c13-10-4-3-8(6-11(10)14)12(17)16-7-9-2-1-5-15-9;/h3-4,6,9,15H,1-2,5,7H2,(H,16,17);1H. The summed E-state index contributed by atoms with van der Waals surface area (Å²) in [5.41, 5.74) is 0.141. The van der Waals surface area contributed by atoms with Crippen LogP contribution in [0.25, 0.3) is 0 Å². The molecule has 0 bridgehead atoms. The average molecular weight is 277 g/mol. The number of hydrogen-bond acceptors (Lipinski definition) is 2. The van der Waals surface area contributed by atoms with Crippen molar-refractivity contribution in [2.45, 2.75) is 18.9 Å². The first-order chi connectivity index (χ1) is 8.16. The Kier molecular flexibility index (Phi) is 5.50. The number of hydrogen-bond donors (Lipinski definition) is 2. The zero-order chi connectivity index (χ0) is 12.3. The molecule has 1 atom stereocenters. The van der Waals surface area contributed by atoms with Crippen LogP contribution in [-0.4, -0.2) is 25.0 Å².